The van der Waals surface area contributed by atoms with Crippen molar-refractivity contribution in [2.45, 2.75) is 25.8 Å². The van der Waals surface area contributed by atoms with Gasteiger partial charge in [0.15, 0.2) is 0 Å². The van der Waals surface area contributed by atoms with E-state index in [2.05, 4.69) is 28.6 Å². The van der Waals surface area contributed by atoms with Crippen LogP contribution in [0.4, 0.5) is 4.79 Å². The van der Waals surface area contributed by atoms with Crippen LogP contribution in [0.25, 0.3) is 0 Å². The molecule has 0 N–H and O–H groups in total. The first-order valence-electron chi connectivity index (χ1n) is 7.73. The van der Waals surface area contributed by atoms with E-state index in [-0.39, 0.29) is 12.0 Å². The van der Waals surface area contributed by atoms with E-state index in [1.165, 1.54) is 5.56 Å². The Morgan fingerprint density at radius 3 is 2.86 bits per heavy atom. The maximum absolute atomic E-state index is 11.7. The maximum atomic E-state index is 11.7. The zero-order valence-electron chi connectivity index (χ0n) is 12.8. The van der Waals surface area contributed by atoms with Crippen molar-refractivity contribution >= 4 is 6.09 Å². The molecule has 1 aliphatic rings. The van der Waals surface area contributed by atoms with Gasteiger partial charge in [0.05, 0.1) is 6.61 Å². The number of imidazole rings is 1. The molecule has 116 valence electrons. The Bertz CT molecular complexity index is 624. The fourth-order valence-electron chi connectivity index (χ4n) is 2.81. The molecular formula is C17H21N3O2. The molecule has 0 spiro atoms. The van der Waals surface area contributed by atoms with Crippen LogP contribution in [0.2, 0.25) is 0 Å². The number of rotatable bonds is 5. The highest BCUT2D eigenvalue weighted by Gasteiger charge is 2.20. The molecule has 0 saturated carbocycles. The molecule has 1 atom stereocenters. The molecule has 5 nitrogen and oxygen atoms in total. The molecule has 1 aromatic heterocycles. The number of hydrogen-bond acceptors (Lipinski definition) is 3. The average Bonchev–Trinajstić information content (AvgIpc) is 3.03. The molecule has 1 saturated heterocycles. The van der Waals surface area contributed by atoms with Crippen molar-refractivity contribution in [1.82, 2.24) is 14.5 Å². The number of carbonyl (C=O) groups is 1. The van der Waals surface area contributed by atoms with Gasteiger partial charge in [-0.25, -0.2) is 9.78 Å². The second-order valence-corrected chi connectivity index (χ2v) is 5.57. The lowest BCUT2D eigenvalue weighted by Crippen LogP contribution is -2.39. The lowest BCUT2D eigenvalue weighted by molar-refractivity contribution is 0.0715. The molecule has 2 heterocycles. The third-order valence-corrected chi connectivity index (χ3v) is 4.10. The normalized spacial score (nSPS) is 16.4. The van der Waals surface area contributed by atoms with Gasteiger partial charge in [-0.05, 0) is 12.0 Å². The molecule has 3 rings (SSSR count). The van der Waals surface area contributed by atoms with E-state index in [0.717, 1.165) is 25.3 Å². The highest BCUT2D eigenvalue weighted by Crippen LogP contribution is 2.22. The monoisotopic (exact) mass is 299 g/mol. The summed E-state index contributed by atoms with van der Waals surface area (Å²) in [7, 11) is 0. The third-order valence-electron chi connectivity index (χ3n) is 4.10. The summed E-state index contributed by atoms with van der Waals surface area (Å²) in [6.07, 6.45) is 4.50. The highest BCUT2D eigenvalue weighted by molar-refractivity contribution is 5.68. The Morgan fingerprint density at radius 1 is 1.27 bits per heavy atom. The van der Waals surface area contributed by atoms with Crippen LogP contribution in [-0.4, -0.2) is 40.2 Å². The molecule has 0 aliphatic carbocycles. The van der Waals surface area contributed by atoms with Crippen molar-refractivity contribution in [1.29, 1.82) is 0 Å². The van der Waals surface area contributed by atoms with Gasteiger partial charge in [-0.1, -0.05) is 37.3 Å². The lowest BCUT2D eigenvalue weighted by Gasteiger charge is -2.26. The third kappa shape index (κ3) is 3.13. The number of amides is 1. The summed E-state index contributed by atoms with van der Waals surface area (Å²) in [6, 6.07) is 10.3. The molecule has 1 aromatic carbocycles. The molecule has 2 aromatic rings. The van der Waals surface area contributed by atoms with E-state index >= 15 is 0 Å². The van der Waals surface area contributed by atoms with Gasteiger partial charge in [0.2, 0.25) is 0 Å². The molecule has 22 heavy (non-hydrogen) atoms. The van der Waals surface area contributed by atoms with Crippen molar-refractivity contribution < 1.29 is 9.53 Å². The van der Waals surface area contributed by atoms with Crippen LogP contribution < -0.4 is 0 Å². The summed E-state index contributed by atoms with van der Waals surface area (Å²) in [4.78, 5) is 17.9. The first-order valence-corrected chi connectivity index (χ1v) is 7.73. The van der Waals surface area contributed by atoms with Crippen molar-refractivity contribution in [3.05, 3.63) is 54.1 Å². The van der Waals surface area contributed by atoms with Gasteiger partial charge in [0, 0.05) is 37.9 Å². The van der Waals surface area contributed by atoms with Gasteiger partial charge >= 0.3 is 6.09 Å². The lowest BCUT2D eigenvalue weighted by atomic mass is 10.0. The average molecular weight is 299 g/mol. The van der Waals surface area contributed by atoms with Gasteiger partial charge in [0.1, 0.15) is 5.82 Å². The van der Waals surface area contributed by atoms with Gasteiger partial charge in [0.25, 0.3) is 0 Å². The van der Waals surface area contributed by atoms with E-state index < -0.39 is 0 Å². The van der Waals surface area contributed by atoms with Crippen molar-refractivity contribution in [2.24, 2.45) is 0 Å². The fourth-order valence-corrected chi connectivity index (χ4v) is 2.81. The van der Waals surface area contributed by atoms with E-state index in [4.69, 9.17) is 4.74 Å². The molecule has 5 heteroatoms. The summed E-state index contributed by atoms with van der Waals surface area (Å²) < 4.78 is 7.19. The van der Waals surface area contributed by atoms with Crippen LogP contribution in [0.3, 0.4) is 0 Å². The Hall–Kier alpha value is -2.30. The Labute approximate surface area is 130 Å². The quantitative estimate of drug-likeness (QED) is 0.853. The van der Waals surface area contributed by atoms with Crippen LogP contribution in [-0.2, 0) is 11.3 Å². The molecule has 1 fully saturated rings. The number of hydrogen-bond donors (Lipinski definition) is 0. The van der Waals surface area contributed by atoms with Crippen molar-refractivity contribution in [3.8, 4) is 0 Å². The van der Waals surface area contributed by atoms with Crippen LogP contribution in [0.1, 0.15) is 30.7 Å². The van der Waals surface area contributed by atoms with E-state index in [1.54, 1.807) is 4.90 Å². The fraction of sp³-hybridized carbons (Fsp3) is 0.412. The predicted molar refractivity (Wildman–Crippen MR) is 83.7 cm³/mol. The minimum atomic E-state index is -0.205. The summed E-state index contributed by atoms with van der Waals surface area (Å²) in [5.41, 5.74) is 1.24. The number of nitrogens with zero attached hydrogens (tertiary/aromatic N) is 3. The smallest absolute Gasteiger partial charge is 0.409 e. The van der Waals surface area contributed by atoms with Gasteiger partial charge in [-0.2, -0.15) is 0 Å². The largest absolute Gasteiger partial charge is 0.449 e. The topological polar surface area (TPSA) is 47.4 Å². The van der Waals surface area contributed by atoms with Crippen LogP contribution in [0.15, 0.2) is 42.7 Å². The molecular weight excluding hydrogens is 278 g/mol. The highest BCUT2D eigenvalue weighted by atomic mass is 16.6. The zero-order chi connectivity index (χ0) is 15.4. The van der Waals surface area contributed by atoms with Gasteiger partial charge < -0.3 is 14.2 Å². The number of aromatic nitrogens is 2. The minimum Gasteiger partial charge on any atom is -0.449 e. The SMILES string of the molecule is C[C@H](c1ccccc1)c1nccn1CCN1CCCOC1=O. The minimum absolute atomic E-state index is 0.205. The second kappa shape index (κ2) is 6.64. The number of carbonyl (C=O) groups excluding carboxylic acids is 1. The number of cyclic esters (lactones) is 1. The van der Waals surface area contributed by atoms with Gasteiger partial charge in [-0.3, -0.25) is 0 Å². The molecule has 0 bridgehead atoms. The molecule has 1 amide bonds. The summed E-state index contributed by atoms with van der Waals surface area (Å²) in [5.74, 6) is 1.25. The Morgan fingerprint density at radius 2 is 2.09 bits per heavy atom. The summed E-state index contributed by atoms with van der Waals surface area (Å²) in [6.45, 7) is 4.86. The molecule has 1 aliphatic heterocycles. The van der Waals surface area contributed by atoms with Gasteiger partial charge in [-0.15, -0.1) is 0 Å². The molecule has 0 radical (unpaired) electrons. The maximum Gasteiger partial charge on any atom is 0.409 e. The Kier molecular flexibility index (Phi) is 4.42. The zero-order valence-corrected chi connectivity index (χ0v) is 12.8. The predicted octanol–water partition coefficient (Wildman–Crippen LogP) is 2.88. The van der Waals surface area contributed by atoms with Crippen LogP contribution in [0.5, 0.6) is 0 Å². The molecule has 0 unspecified atom stereocenters. The Balaban J connectivity index is 1.68. The standard InChI is InChI=1S/C17H21N3O2/c1-14(15-6-3-2-4-7-15)16-18-8-10-19(16)11-12-20-9-5-13-22-17(20)21/h2-4,6-8,10,14H,5,9,11-13H2,1H3/t14-/m1/s1. The first-order chi connectivity index (χ1) is 10.8. The summed E-state index contributed by atoms with van der Waals surface area (Å²) >= 11 is 0. The van der Waals surface area contributed by atoms with E-state index in [0.29, 0.717) is 13.2 Å². The number of ether oxygens (including phenoxy) is 1. The number of benzene rings is 1. The van der Waals surface area contributed by atoms with Crippen molar-refractivity contribution in [3.63, 3.8) is 0 Å². The first kappa shape index (κ1) is 14.6. The van der Waals surface area contributed by atoms with Crippen LogP contribution >= 0.6 is 0 Å². The van der Waals surface area contributed by atoms with E-state index in [1.807, 2.05) is 30.6 Å². The van der Waals surface area contributed by atoms with E-state index in [9.17, 15) is 4.79 Å². The summed E-state index contributed by atoms with van der Waals surface area (Å²) in [5, 5.41) is 0. The van der Waals surface area contributed by atoms with Crippen molar-refractivity contribution in [2.75, 3.05) is 19.7 Å². The second-order valence-electron chi connectivity index (χ2n) is 5.57. The van der Waals surface area contributed by atoms with Crippen LogP contribution in [0, 0.1) is 0 Å².